The average Bonchev–Trinajstić information content (AvgIpc) is 2.58. The maximum Gasteiger partial charge on any atom is 0.258 e. The van der Waals surface area contributed by atoms with Crippen LogP contribution in [0.25, 0.3) is 22.0 Å². The first-order valence-corrected chi connectivity index (χ1v) is 7.30. The van der Waals surface area contributed by atoms with Crippen molar-refractivity contribution in [1.82, 2.24) is 9.55 Å². The fourth-order valence-corrected chi connectivity index (χ4v) is 2.66. The molecule has 0 spiro atoms. The summed E-state index contributed by atoms with van der Waals surface area (Å²) in [6.07, 6.45) is 1.65. The van der Waals surface area contributed by atoms with Crippen LogP contribution < -0.4 is 15.0 Å². The van der Waals surface area contributed by atoms with E-state index in [1.807, 2.05) is 0 Å². The summed E-state index contributed by atoms with van der Waals surface area (Å²) in [5, 5.41) is 1.18. The van der Waals surface area contributed by atoms with Gasteiger partial charge in [-0.05, 0) is 29.8 Å². The van der Waals surface area contributed by atoms with Crippen molar-refractivity contribution in [1.29, 1.82) is 0 Å². The second kappa shape index (κ2) is 5.93. The first-order chi connectivity index (χ1) is 11.0. The van der Waals surface area contributed by atoms with Gasteiger partial charge < -0.3 is 14.0 Å². The van der Waals surface area contributed by atoms with Crippen LogP contribution in [0.4, 0.5) is 0 Å². The molecule has 0 atom stereocenters. The zero-order valence-corrected chi connectivity index (χ0v) is 13.7. The summed E-state index contributed by atoms with van der Waals surface area (Å²) in [5.74, 6) is 1.24. The molecule has 2 heterocycles. The van der Waals surface area contributed by atoms with Gasteiger partial charge in [0.15, 0.2) is 0 Å². The summed E-state index contributed by atoms with van der Waals surface area (Å²) in [4.78, 5) is 16.8. The van der Waals surface area contributed by atoms with Crippen LogP contribution in [0.5, 0.6) is 11.5 Å². The van der Waals surface area contributed by atoms with Crippen molar-refractivity contribution < 1.29 is 9.47 Å². The Morgan fingerprint density at radius 2 is 1.70 bits per heavy atom. The van der Waals surface area contributed by atoms with Crippen molar-refractivity contribution in [3.8, 4) is 22.6 Å². The van der Waals surface area contributed by atoms with Crippen LogP contribution in [0.3, 0.4) is 0 Å². The van der Waals surface area contributed by atoms with E-state index in [1.165, 1.54) is 0 Å². The van der Waals surface area contributed by atoms with Crippen molar-refractivity contribution in [2.45, 2.75) is 0 Å². The summed E-state index contributed by atoms with van der Waals surface area (Å²) in [7, 11) is 4.86. The third-order valence-corrected chi connectivity index (χ3v) is 3.94. The van der Waals surface area contributed by atoms with Gasteiger partial charge in [-0.15, -0.1) is 0 Å². The molecule has 0 bridgehead atoms. The molecule has 0 N–H and O–H groups in total. The van der Waals surface area contributed by atoms with Crippen LogP contribution in [-0.4, -0.2) is 23.8 Å². The SMILES string of the molecule is COc1cc(OC)cc(-c2cc3cnc(Cl)cc3n(C)c2=O)c1. The third-order valence-electron chi connectivity index (χ3n) is 3.74. The lowest BCUT2D eigenvalue weighted by molar-refractivity contribution is 0.394. The van der Waals surface area contributed by atoms with Crippen LogP contribution in [-0.2, 0) is 7.05 Å². The zero-order chi connectivity index (χ0) is 16.6. The Labute approximate surface area is 138 Å². The number of nitrogens with zero attached hydrogens (tertiary/aromatic N) is 2. The number of rotatable bonds is 3. The minimum Gasteiger partial charge on any atom is -0.497 e. The molecule has 23 heavy (non-hydrogen) atoms. The van der Waals surface area contributed by atoms with Crippen LogP contribution >= 0.6 is 11.6 Å². The summed E-state index contributed by atoms with van der Waals surface area (Å²) >= 11 is 5.92. The van der Waals surface area contributed by atoms with Crippen LogP contribution in [0.1, 0.15) is 0 Å². The number of aromatic nitrogens is 2. The van der Waals surface area contributed by atoms with Crippen molar-refractivity contribution in [2.24, 2.45) is 7.05 Å². The highest BCUT2D eigenvalue weighted by atomic mass is 35.5. The number of aryl methyl sites for hydroxylation is 1. The fourth-order valence-electron chi connectivity index (χ4n) is 2.51. The highest BCUT2D eigenvalue weighted by Gasteiger charge is 2.12. The Morgan fingerprint density at radius 3 is 2.30 bits per heavy atom. The van der Waals surface area contributed by atoms with E-state index in [2.05, 4.69) is 4.98 Å². The second-order valence-corrected chi connectivity index (χ2v) is 5.48. The molecule has 0 saturated heterocycles. The summed E-state index contributed by atoms with van der Waals surface area (Å²) in [6.45, 7) is 0. The molecule has 0 unspecified atom stereocenters. The Hall–Kier alpha value is -2.53. The molecule has 2 aromatic heterocycles. The van der Waals surface area contributed by atoms with Gasteiger partial charge >= 0.3 is 0 Å². The molecular formula is C17H15ClN2O3. The van der Waals surface area contributed by atoms with Crippen LogP contribution in [0, 0.1) is 0 Å². The topological polar surface area (TPSA) is 53.4 Å². The normalized spacial score (nSPS) is 10.8. The molecule has 1 aromatic carbocycles. The monoisotopic (exact) mass is 330 g/mol. The minimum atomic E-state index is -0.130. The predicted molar refractivity (Wildman–Crippen MR) is 90.5 cm³/mol. The van der Waals surface area contributed by atoms with Gasteiger partial charge in [0.25, 0.3) is 5.56 Å². The maximum absolute atomic E-state index is 12.7. The zero-order valence-electron chi connectivity index (χ0n) is 13.0. The largest absolute Gasteiger partial charge is 0.497 e. The molecular weight excluding hydrogens is 316 g/mol. The quantitative estimate of drug-likeness (QED) is 0.692. The maximum atomic E-state index is 12.7. The lowest BCUT2D eigenvalue weighted by Gasteiger charge is -2.11. The molecule has 0 aliphatic heterocycles. The smallest absolute Gasteiger partial charge is 0.258 e. The highest BCUT2D eigenvalue weighted by molar-refractivity contribution is 6.30. The Balaban J connectivity index is 2.30. The Morgan fingerprint density at radius 1 is 1.04 bits per heavy atom. The number of ether oxygens (including phenoxy) is 2. The number of pyridine rings is 2. The van der Waals surface area contributed by atoms with E-state index in [1.54, 1.807) is 62.4 Å². The molecule has 0 radical (unpaired) electrons. The van der Waals surface area contributed by atoms with E-state index in [0.717, 1.165) is 16.5 Å². The lowest BCUT2D eigenvalue weighted by atomic mass is 10.0. The van der Waals surface area contributed by atoms with E-state index in [-0.39, 0.29) is 5.56 Å². The van der Waals surface area contributed by atoms with Gasteiger partial charge in [0, 0.05) is 30.3 Å². The van der Waals surface area contributed by atoms with Crippen molar-refractivity contribution >= 4 is 22.5 Å². The molecule has 0 aliphatic rings. The average molecular weight is 331 g/mol. The summed E-state index contributed by atoms with van der Waals surface area (Å²) in [5.41, 5.74) is 1.86. The van der Waals surface area contributed by atoms with Gasteiger partial charge in [-0.25, -0.2) is 4.98 Å². The van der Waals surface area contributed by atoms with Crippen molar-refractivity contribution in [3.05, 3.63) is 52.0 Å². The van der Waals surface area contributed by atoms with Gasteiger partial charge in [-0.3, -0.25) is 4.79 Å². The molecule has 5 nitrogen and oxygen atoms in total. The van der Waals surface area contributed by atoms with E-state index in [9.17, 15) is 4.79 Å². The number of methoxy groups -OCH3 is 2. The molecule has 3 rings (SSSR count). The molecule has 3 aromatic rings. The molecule has 0 aliphatic carbocycles. The van der Waals surface area contributed by atoms with Gasteiger partial charge in [-0.2, -0.15) is 0 Å². The molecule has 0 amide bonds. The number of hydrogen-bond acceptors (Lipinski definition) is 4. The number of hydrogen-bond donors (Lipinski definition) is 0. The van der Waals surface area contributed by atoms with Gasteiger partial charge in [-0.1, -0.05) is 11.6 Å². The van der Waals surface area contributed by atoms with Crippen LogP contribution in [0.15, 0.2) is 41.3 Å². The summed E-state index contributed by atoms with van der Waals surface area (Å²) in [6, 6.07) is 8.84. The first-order valence-electron chi connectivity index (χ1n) is 6.92. The molecule has 0 saturated carbocycles. The number of fused-ring (bicyclic) bond motifs is 1. The van der Waals surface area contributed by atoms with Crippen LogP contribution in [0.2, 0.25) is 5.15 Å². The Bertz CT molecular complexity index is 928. The van der Waals surface area contributed by atoms with Gasteiger partial charge in [0.2, 0.25) is 0 Å². The number of benzene rings is 1. The van der Waals surface area contributed by atoms with Gasteiger partial charge in [0.1, 0.15) is 16.7 Å². The fraction of sp³-hybridized carbons (Fsp3) is 0.176. The third kappa shape index (κ3) is 2.75. The second-order valence-electron chi connectivity index (χ2n) is 5.09. The summed E-state index contributed by atoms with van der Waals surface area (Å²) < 4.78 is 12.1. The van der Waals surface area contributed by atoms with E-state index >= 15 is 0 Å². The predicted octanol–water partition coefficient (Wildman–Crippen LogP) is 3.27. The minimum absolute atomic E-state index is 0.130. The van der Waals surface area contributed by atoms with E-state index in [4.69, 9.17) is 21.1 Å². The molecule has 6 heteroatoms. The molecule has 118 valence electrons. The standard InChI is InChI=1S/C17H15ClN2O3/c1-20-15-8-16(18)19-9-11(15)6-14(17(20)21)10-4-12(22-2)7-13(5-10)23-3/h4-9H,1-3H3. The van der Waals surface area contributed by atoms with E-state index in [0.29, 0.717) is 22.2 Å². The highest BCUT2D eigenvalue weighted by Crippen LogP contribution is 2.29. The van der Waals surface area contributed by atoms with Crippen molar-refractivity contribution in [2.75, 3.05) is 14.2 Å². The number of halogens is 1. The Kier molecular flexibility index (Phi) is 3.96. The van der Waals surface area contributed by atoms with E-state index < -0.39 is 0 Å². The first kappa shape index (κ1) is 15.4. The van der Waals surface area contributed by atoms with Gasteiger partial charge in [0.05, 0.1) is 19.7 Å². The van der Waals surface area contributed by atoms with Crippen molar-refractivity contribution in [3.63, 3.8) is 0 Å². The molecule has 0 fully saturated rings. The lowest BCUT2D eigenvalue weighted by Crippen LogP contribution is -2.19.